The lowest BCUT2D eigenvalue weighted by Crippen LogP contribution is -2.51. The highest BCUT2D eigenvalue weighted by atomic mass is 15.2. The van der Waals surface area contributed by atoms with Gasteiger partial charge in [-0.25, -0.2) is 0 Å². The second kappa shape index (κ2) is 6.88. The van der Waals surface area contributed by atoms with Gasteiger partial charge in [-0.05, 0) is 63.7 Å². The Labute approximate surface area is 113 Å². The first-order chi connectivity index (χ1) is 8.70. The van der Waals surface area contributed by atoms with E-state index < -0.39 is 0 Å². The molecule has 3 nitrogen and oxygen atoms in total. The predicted octanol–water partition coefficient (Wildman–Crippen LogP) is 1.78. The van der Waals surface area contributed by atoms with Crippen molar-refractivity contribution < 1.29 is 0 Å². The van der Waals surface area contributed by atoms with Crippen LogP contribution in [0.4, 0.5) is 0 Å². The summed E-state index contributed by atoms with van der Waals surface area (Å²) in [6.07, 6.45) is 5.48. The molecule has 0 aromatic carbocycles. The van der Waals surface area contributed by atoms with Gasteiger partial charge in [-0.1, -0.05) is 13.8 Å². The zero-order chi connectivity index (χ0) is 13.0. The maximum absolute atomic E-state index is 5.97. The van der Waals surface area contributed by atoms with Crippen LogP contribution in [0.15, 0.2) is 0 Å². The number of rotatable bonds is 5. The minimum absolute atomic E-state index is 0.625. The predicted molar refractivity (Wildman–Crippen MR) is 77.7 cm³/mol. The van der Waals surface area contributed by atoms with Crippen molar-refractivity contribution in [2.24, 2.45) is 17.6 Å². The first-order valence-electron chi connectivity index (χ1n) is 7.87. The van der Waals surface area contributed by atoms with Gasteiger partial charge in [0.15, 0.2) is 0 Å². The van der Waals surface area contributed by atoms with Crippen molar-refractivity contribution in [2.75, 3.05) is 39.3 Å². The minimum atomic E-state index is 0.625. The van der Waals surface area contributed by atoms with E-state index in [1.165, 1.54) is 58.4 Å². The SMILES string of the molecule is CC1CC(C)C(CN)N(CCCN2CCCC2)C1. The molecule has 2 rings (SSSR count). The van der Waals surface area contributed by atoms with Crippen LogP contribution < -0.4 is 5.73 Å². The van der Waals surface area contributed by atoms with Crippen LogP contribution in [0.2, 0.25) is 0 Å². The lowest BCUT2D eigenvalue weighted by Gasteiger charge is -2.42. The van der Waals surface area contributed by atoms with Crippen LogP contribution in [0.1, 0.15) is 39.5 Å². The Bertz CT molecular complexity index is 238. The van der Waals surface area contributed by atoms with E-state index in [2.05, 4.69) is 23.6 Å². The molecule has 3 heteroatoms. The molecule has 3 atom stereocenters. The average Bonchev–Trinajstić information content (AvgIpc) is 2.81. The van der Waals surface area contributed by atoms with Crippen LogP contribution in [0.5, 0.6) is 0 Å². The van der Waals surface area contributed by atoms with E-state index in [1.54, 1.807) is 0 Å². The maximum atomic E-state index is 5.97. The lowest BCUT2D eigenvalue weighted by molar-refractivity contribution is 0.0701. The van der Waals surface area contributed by atoms with Crippen molar-refractivity contribution in [2.45, 2.75) is 45.6 Å². The normalized spacial score (nSPS) is 35.2. The van der Waals surface area contributed by atoms with Gasteiger partial charge in [0.2, 0.25) is 0 Å². The summed E-state index contributed by atoms with van der Waals surface area (Å²) in [6, 6.07) is 0.625. The summed E-state index contributed by atoms with van der Waals surface area (Å²) in [5.41, 5.74) is 5.97. The third-order valence-electron chi connectivity index (χ3n) is 4.81. The molecule has 2 N–H and O–H groups in total. The van der Waals surface area contributed by atoms with Crippen molar-refractivity contribution in [3.63, 3.8) is 0 Å². The van der Waals surface area contributed by atoms with Crippen LogP contribution >= 0.6 is 0 Å². The Morgan fingerprint density at radius 1 is 1.11 bits per heavy atom. The van der Waals surface area contributed by atoms with Crippen LogP contribution in [0, 0.1) is 11.8 Å². The first kappa shape index (κ1) is 14.3. The molecule has 2 heterocycles. The fourth-order valence-electron chi connectivity index (χ4n) is 3.90. The molecule has 0 radical (unpaired) electrons. The van der Waals surface area contributed by atoms with Gasteiger partial charge in [-0.3, -0.25) is 4.90 Å². The molecule has 18 heavy (non-hydrogen) atoms. The summed E-state index contributed by atoms with van der Waals surface area (Å²) >= 11 is 0. The zero-order valence-electron chi connectivity index (χ0n) is 12.3. The molecule has 0 aromatic rings. The Morgan fingerprint density at radius 2 is 1.83 bits per heavy atom. The van der Waals surface area contributed by atoms with E-state index in [-0.39, 0.29) is 0 Å². The van der Waals surface area contributed by atoms with E-state index in [0.29, 0.717) is 6.04 Å². The number of nitrogens with zero attached hydrogens (tertiary/aromatic N) is 2. The maximum Gasteiger partial charge on any atom is 0.0244 e. The van der Waals surface area contributed by atoms with Gasteiger partial charge in [-0.15, -0.1) is 0 Å². The van der Waals surface area contributed by atoms with Gasteiger partial charge < -0.3 is 10.6 Å². The third kappa shape index (κ3) is 3.69. The molecule has 0 aliphatic carbocycles. The molecule has 3 unspecified atom stereocenters. The summed E-state index contributed by atoms with van der Waals surface area (Å²) in [5.74, 6) is 1.61. The molecule has 0 aromatic heterocycles. The van der Waals surface area contributed by atoms with Crippen LogP contribution in [0.25, 0.3) is 0 Å². The summed E-state index contributed by atoms with van der Waals surface area (Å²) in [6.45, 7) is 12.0. The average molecular weight is 253 g/mol. The molecule has 0 saturated carbocycles. The molecular formula is C15H31N3. The Hall–Kier alpha value is -0.120. The van der Waals surface area contributed by atoms with Crippen molar-refractivity contribution in [3.8, 4) is 0 Å². The second-order valence-electron chi connectivity index (χ2n) is 6.52. The molecule has 0 amide bonds. The number of hydrogen-bond donors (Lipinski definition) is 1. The van der Waals surface area contributed by atoms with Gasteiger partial charge in [0.05, 0.1) is 0 Å². The standard InChI is InChI=1S/C15H31N3/c1-13-10-14(2)15(11-16)18(12-13)9-5-8-17-6-3-4-7-17/h13-15H,3-12,16H2,1-2H3. The number of likely N-dealkylation sites (tertiary alicyclic amines) is 2. The van der Waals surface area contributed by atoms with Gasteiger partial charge in [-0.2, -0.15) is 0 Å². The Morgan fingerprint density at radius 3 is 2.50 bits per heavy atom. The number of nitrogens with two attached hydrogens (primary N) is 1. The summed E-state index contributed by atoms with van der Waals surface area (Å²) < 4.78 is 0. The molecule has 2 aliphatic rings. The molecule has 0 spiro atoms. The van der Waals surface area contributed by atoms with E-state index in [4.69, 9.17) is 5.73 Å². The summed E-state index contributed by atoms with van der Waals surface area (Å²) in [4.78, 5) is 5.28. The topological polar surface area (TPSA) is 32.5 Å². The van der Waals surface area contributed by atoms with E-state index in [1.807, 2.05) is 0 Å². The zero-order valence-corrected chi connectivity index (χ0v) is 12.3. The Kier molecular flexibility index (Phi) is 5.46. The quantitative estimate of drug-likeness (QED) is 0.810. The minimum Gasteiger partial charge on any atom is -0.329 e. The van der Waals surface area contributed by atoms with Crippen molar-refractivity contribution >= 4 is 0 Å². The van der Waals surface area contributed by atoms with Gasteiger partial charge in [0.25, 0.3) is 0 Å². The molecule has 2 aliphatic heterocycles. The highest BCUT2D eigenvalue weighted by Gasteiger charge is 2.30. The fraction of sp³-hybridized carbons (Fsp3) is 1.00. The fourth-order valence-corrected chi connectivity index (χ4v) is 3.90. The van der Waals surface area contributed by atoms with Gasteiger partial charge in [0, 0.05) is 19.1 Å². The van der Waals surface area contributed by atoms with E-state index in [9.17, 15) is 0 Å². The van der Waals surface area contributed by atoms with Crippen molar-refractivity contribution in [1.29, 1.82) is 0 Å². The van der Waals surface area contributed by atoms with Crippen molar-refractivity contribution in [1.82, 2.24) is 9.80 Å². The molecule has 106 valence electrons. The summed E-state index contributed by atoms with van der Waals surface area (Å²) in [5, 5.41) is 0. The van der Waals surface area contributed by atoms with Crippen LogP contribution in [-0.2, 0) is 0 Å². The second-order valence-corrected chi connectivity index (χ2v) is 6.52. The van der Waals surface area contributed by atoms with E-state index >= 15 is 0 Å². The molecule has 2 fully saturated rings. The van der Waals surface area contributed by atoms with Gasteiger partial charge >= 0.3 is 0 Å². The highest BCUT2D eigenvalue weighted by Crippen LogP contribution is 2.26. The molecule has 2 saturated heterocycles. The largest absolute Gasteiger partial charge is 0.329 e. The van der Waals surface area contributed by atoms with Crippen LogP contribution in [0.3, 0.4) is 0 Å². The van der Waals surface area contributed by atoms with Crippen molar-refractivity contribution in [3.05, 3.63) is 0 Å². The summed E-state index contributed by atoms with van der Waals surface area (Å²) in [7, 11) is 0. The number of hydrogen-bond acceptors (Lipinski definition) is 3. The lowest BCUT2D eigenvalue weighted by atomic mass is 9.85. The van der Waals surface area contributed by atoms with Crippen LogP contribution in [-0.4, -0.2) is 55.1 Å². The molecular weight excluding hydrogens is 222 g/mol. The monoisotopic (exact) mass is 253 g/mol. The third-order valence-corrected chi connectivity index (χ3v) is 4.81. The van der Waals surface area contributed by atoms with Gasteiger partial charge in [0.1, 0.15) is 0 Å². The Balaban J connectivity index is 1.74. The molecule has 0 bridgehead atoms. The smallest absolute Gasteiger partial charge is 0.0244 e. The highest BCUT2D eigenvalue weighted by molar-refractivity contribution is 4.85. The van der Waals surface area contributed by atoms with E-state index in [0.717, 1.165) is 18.4 Å². The first-order valence-corrected chi connectivity index (χ1v) is 7.87. The number of piperidine rings is 1.